The zero-order chi connectivity index (χ0) is 20.1. The topological polar surface area (TPSA) is 51.1 Å². The number of carbonyl (C=O) groups excluding carboxylic acids is 1. The van der Waals surface area contributed by atoms with Crippen LogP contribution in [0.25, 0.3) is 0 Å². The molecule has 1 aliphatic rings. The molecule has 0 saturated carbocycles. The van der Waals surface area contributed by atoms with Crippen LogP contribution in [0, 0.1) is 17.5 Å². The first-order chi connectivity index (χ1) is 13.5. The molecule has 3 rings (SSSR count). The summed E-state index contributed by atoms with van der Waals surface area (Å²) in [6.07, 6.45) is -0.0294. The van der Waals surface area contributed by atoms with E-state index in [4.69, 9.17) is 9.57 Å². The number of benzene rings is 2. The van der Waals surface area contributed by atoms with E-state index in [9.17, 15) is 18.0 Å². The van der Waals surface area contributed by atoms with Crippen molar-refractivity contribution in [3.8, 4) is 0 Å². The lowest BCUT2D eigenvalue weighted by Crippen LogP contribution is -2.39. The molecule has 148 valence electrons. The Morgan fingerprint density at radius 1 is 1.18 bits per heavy atom. The van der Waals surface area contributed by atoms with E-state index in [-0.39, 0.29) is 37.0 Å². The summed E-state index contributed by atoms with van der Waals surface area (Å²) in [6, 6.07) is 9.07. The average Bonchev–Trinajstić information content (AvgIpc) is 3.12. The molecule has 0 radical (unpaired) electrons. The Hall–Kier alpha value is -2.87. The zero-order valence-corrected chi connectivity index (χ0v) is 15.2. The number of oxime groups is 1. The molecule has 0 fully saturated rings. The number of amides is 1. The van der Waals surface area contributed by atoms with Gasteiger partial charge in [-0.15, -0.1) is 0 Å². The summed E-state index contributed by atoms with van der Waals surface area (Å²) in [5, 5.41) is 4.01. The summed E-state index contributed by atoms with van der Waals surface area (Å²) in [7, 11) is 1.39. The van der Waals surface area contributed by atoms with Crippen molar-refractivity contribution < 1.29 is 27.5 Å². The molecule has 8 heteroatoms. The Kier molecular flexibility index (Phi) is 6.30. The van der Waals surface area contributed by atoms with Gasteiger partial charge in [-0.2, -0.15) is 0 Å². The number of hydrogen-bond acceptors (Lipinski definition) is 4. The number of rotatable bonds is 7. The van der Waals surface area contributed by atoms with Crippen LogP contribution in [0.15, 0.2) is 47.6 Å². The van der Waals surface area contributed by atoms with Crippen molar-refractivity contribution >= 4 is 11.6 Å². The highest BCUT2D eigenvalue weighted by Crippen LogP contribution is 2.20. The molecule has 1 aliphatic heterocycles. The molecular weight excluding hydrogens is 373 g/mol. The molecule has 0 bridgehead atoms. The van der Waals surface area contributed by atoms with Gasteiger partial charge in [0.05, 0.1) is 12.3 Å². The molecule has 1 heterocycles. The number of hydrogen-bond donors (Lipinski definition) is 0. The quantitative estimate of drug-likeness (QED) is 0.727. The molecule has 0 unspecified atom stereocenters. The summed E-state index contributed by atoms with van der Waals surface area (Å²) >= 11 is 0. The minimum atomic E-state index is -0.731. The molecule has 1 atom stereocenters. The molecule has 0 saturated heterocycles. The number of carbonyl (C=O) groups is 1. The van der Waals surface area contributed by atoms with E-state index < -0.39 is 17.7 Å². The third-order valence-corrected chi connectivity index (χ3v) is 4.33. The summed E-state index contributed by atoms with van der Waals surface area (Å²) < 4.78 is 45.1. The maximum absolute atomic E-state index is 14.0. The first-order valence-electron chi connectivity index (χ1n) is 8.65. The standard InChI is InChI=1S/C20H19F3N2O3/c1-27-12-20(26)25(10-14-4-7-16(22)8-18(14)23)11-17-9-19(24-28-17)13-2-5-15(21)6-3-13/h2-8,17H,9-12H2,1H3/t17-/m0/s1. The van der Waals surface area contributed by atoms with Crippen molar-refractivity contribution in [3.05, 3.63) is 71.0 Å². The van der Waals surface area contributed by atoms with Gasteiger partial charge in [-0.3, -0.25) is 4.79 Å². The van der Waals surface area contributed by atoms with Gasteiger partial charge in [0, 0.05) is 31.7 Å². The average molecular weight is 392 g/mol. The fraction of sp³-hybridized carbons (Fsp3) is 0.300. The Labute approximate surface area is 160 Å². The lowest BCUT2D eigenvalue weighted by molar-refractivity contribution is -0.137. The van der Waals surface area contributed by atoms with Crippen LogP contribution in [-0.4, -0.2) is 42.9 Å². The number of halogens is 3. The second kappa shape index (κ2) is 8.88. The highest BCUT2D eigenvalue weighted by molar-refractivity contribution is 6.01. The molecule has 0 spiro atoms. The minimum absolute atomic E-state index is 0.0555. The van der Waals surface area contributed by atoms with Gasteiger partial charge < -0.3 is 14.5 Å². The molecule has 1 amide bonds. The largest absolute Gasteiger partial charge is 0.390 e. The molecule has 0 aromatic heterocycles. The molecule has 0 aliphatic carbocycles. The molecule has 2 aromatic carbocycles. The van der Waals surface area contributed by atoms with Crippen molar-refractivity contribution in [1.29, 1.82) is 0 Å². The second-order valence-electron chi connectivity index (χ2n) is 6.42. The normalized spacial score (nSPS) is 15.9. The maximum atomic E-state index is 14.0. The Morgan fingerprint density at radius 2 is 1.89 bits per heavy atom. The predicted octanol–water partition coefficient (Wildman–Crippen LogP) is 3.27. The van der Waals surface area contributed by atoms with Crippen LogP contribution in [0.5, 0.6) is 0 Å². The lowest BCUT2D eigenvalue weighted by atomic mass is 10.0. The first-order valence-corrected chi connectivity index (χ1v) is 8.65. The van der Waals surface area contributed by atoms with Gasteiger partial charge in [0.15, 0.2) is 6.10 Å². The SMILES string of the molecule is COCC(=O)N(Cc1ccc(F)cc1F)C[C@@H]1CC(c2ccc(F)cc2)=NO1. The van der Waals surface area contributed by atoms with Gasteiger partial charge in [0.2, 0.25) is 5.91 Å². The van der Waals surface area contributed by atoms with Crippen molar-refractivity contribution in [1.82, 2.24) is 4.90 Å². The Morgan fingerprint density at radius 3 is 2.57 bits per heavy atom. The molecule has 5 nitrogen and oxygen atoms in total. The van der Waals surface area contributed by atoms with E-state index in [0.29, 0.717) is 12.1 Å². The van der Waals surface area contributed by atoms with Crippen molar-refractivity contribution in [2.45, 2.75) is 19.1 Å². The maximum Gasteiger partial charge on any atom is 0.248 e. The van der Waals surface area contributed by atoms with Gasteiger partial charge in [-0.05, 0) is 23.8 Å². The highest BCUT2D eigenvalue weighted by atomic mass is 19.1. The van der Waals surface area contributed by atoms with E-state index in [1.165, 1.54) is 30.2 Å². The second-order valence-corrected chi connectivity index (χ2v) is 6.42. The summed E-state index contributed by atoms with van der Waals surface area (Å²) in [5.41, 5.74) is 1.55. The molecule has 28 heavy (non-hydrogen) atoms. The van der Waals surface area contributed by atoms with E-state index in [1.54, 1.807) is 12.1 Å². The van der Waals surface area contributed by atoms with Crippen LogP contribution >= 0.6 is 0 Å². The van der Waals surface area contributed by atoms with Crippen molar-refractivity contribution in [3.63, 3.8) is 0 Å². The van der Waals surface area contributed by atoms with E-state index in [1.807, 2.05) is 0 Å². The number of methoxy groups -OCH3 is 1. The minimum Gasteiger partial charge on any atom is -0.390 e. The van der Waals surface area contributed by atoms with Crippen molar-refractivity contribution in [2.75, 3.05) is 20.3 Å². The van der Waals surface area contributed by atoms with Crippen molar-refractivity contribution in [2.24, 2.45) is 5.16 Å². The summed E-state index contributed by atoms with van der Waals surface area (Å²) in [6.45, 7) is -0.0888. The Balaban J connectivity index is 1.68. The van der Waals surface area contributed by atoms with Gasteiger partial charge in [0.1, 0.15) is 24.1 Å². The number of ether oxygens (including phenoxy) is 1. The van der Waals surface area contributed by atoms with Gasteiger partial charge in [0.25, 0.3) is 0 Å². The van der Waals surface area contributed by atoms with Crippen LogP contribution in [0.2, 0.25) is 0 Å². The molecule has 0 N–H and O–H groups in total. The van der Waals surface area contributed by atoms with Gasteiger partial charge in [-0.1, -0.05) is 23.4 Å². The van der Waals surface area contributed by atoms with Crippen LogP contribution in [-0.2, 0) is 20.9 Å². The molecule has 2 aromatic rings. The van der Waals surface area contributed by atoms with Crippen LogP contribution < -0.4 is 0 Å². The van der Waals surface area contributed by atoms with E-state index in [2.05, 4.69) is 5.16 Å². The third kappa shape index (κ3) is 4.89. The smallest absolute Gasteiger partial charge is 0.248 e. The van der Waals surface area contributed by atoms with Gasteiger partial charge in [-0.25, -0.2) is 13.2 Å². The predicted molar refractivity (Wildman–Crippen MR) is 96.1 cm³/mol. The van der Waals surface area contributed by atoms with E-state index >= 15 is 0 Å². The third-order valence-electron chi connectivity index (χ3n) is 4.33. The Bertz CT molecular complexity index is 871. The zero-order valence-electron chi connectivity index (χ0n) is 15.2. The summed E-state index contributed by atoms with van der Waals surface area (Å²) in [4.78, 5) is 19.2. The fourth-order valence-corrected chi connectivity index (χ4v) is 2.91. The molecular formula is C20H19F3N2O3. The fourth-order valence-electron chi connectivity index (χ4n) is 2.91. The van der Waals surface area contributed by atoms with Crippen LogP contribution in [0.3, 0.4) is 0 Å². The monoisotopic (exact) mass is 392 g/mol. The highest BCUT2D eigenvalue weighted by Gasteiger charge is 2.27. The lowest BCUT2D eigenvalue weighted by Gasteiger charge is -2.25. The first kappa shape index (κ1) is 19.9. The van der Waals surface area contributed by atoms with E-state index in [0.717, 1.165) is 17.7 Å². The van der Waals surface area contributed by atoms with Crippen LogP contribution in [0.1, 0.15) is 17.5 Å². The number of nitrogens with zero attached hydrogens (tertiary/aromatic N) is 2. The van der Waals surface area contributed by atoms with Gasteiger partial charge >= 0.3 is 0 Å². The van der Waals surface area contributed by atoms with Crippen LogP contribution in [0.4, 0.5) is 13.2 Å². The summed E-state index contributed by atoms with van der Waals surface area (Å²) in [5.74, 6) is -2.12.